The summed E-state index contributed by atoms with van der Waals surface area (Å²) in [5.74, 6) is -0.796. The van der Waals surface area contributed by atoms with E-state index in [0.29, 0.717) is 13.0 Å². The predicted octanol–water partition coefficient (Wildman–Crippen LogP) is 2.68. The van der Waals surface area contributed by atoms with Crippen LogP contribution in [0.4, 0.5) is 0 Å². The Morgan fingerprint density at radius 3 is 2.53 bits per heavy atom. The molecule has 1 N–H and O–H groups in total. The molecule has 1 rings (SSSR count). The maximum absolute atomic E-state index is 11.1. The zero-order chi connectivity index (χ0) is 15.0. The first kappa shape index (κ1) is 18.3. The molecule has 0 spiro atoms. The topological polar surface area (TPSA) is 43.8 Å². The zero-order valence-electron chi connectivity index (χ0n) is 11.8. The maximum atomic E-state index is 11.1. The monoisotopic (exact) mass is 302 g/mol. The third-order valence-electron chi connectivity index (χ3n) is 2.54. The van der Waals surface area contributed by atoms with Gasteiger partial charge in [-0.05, 0) is 20.5 Å². The van der Waals surface area contributed by atoms with Crippen LogP contribution in [0.25, 0.3) is 0 Å². The molecule has 1 aliphatic heterocycles. The molecule has 3 unspecified atom stereocenters. The minimum Gasteiger partial charge on any atom is -0.480 e. The van der Waals surface area contributed by atoms with Crippen LogP contribution < -0.4 is 0 Å². The third kappa shape index (κ3) is 5.86. The van der Waals surface area contributed by atoms with Crippen LogP contribution in [0.3, 0.4) is 0 Å². The standard InChI is InChI=1S/C11H18N2O2P2.C2H6/c1-3-4-8-7-13(17)10(11(14)15)5-9(8)6-12(2)16;1-2/h3-4,6,10H,1,5,7,16-17H2,2H3,(H,14,15);1-2H3/b8-4-,9-6-;. The van der Waals surface area contributed by atoms with Gasteiger partial charge in [0.1, 0.15) is 6.04 Å². The highest BCUT2D eigenvalue weighted by molar-refractivity contribution is 7.13. The van der Waals surface area contributed by atoms with Crippen molar-refractivity contribution in [1.82, 2.24) is 9.34 Å². The number of hydrogen-bond acceptors (Lipinski definition) is 3. The van der Waals surface area contributed by atoms with Crippen LogP contribution in [0.1, 0.15) is 20.3 Å². The predicted molar refractivity (Wildman–Crippen MR) is 87.6 cm³/mol. The minimum absolute atomic E-state index is 0.488. The maximum Gasteiger partial charge on any atom is 0.321 e. The minimum atomic E-state index is -0.796. The van der Waals surface area contributed by atoms with Gasteiger partial charge < -0.3 is 9.78 Å². The lowest BCUT2D eigenvalue weighted by atomic mass is 9.94. The molecule has 1 heterocycles. The van der Waals surface area contributed by atoms with Gasteiger partial charge in [-0.25, -0.2) is 0 Å². The van der Waals surface area contributed by atoms with E-state index in [1.807, 2.05) is 37.8 Å². The van der Waals surface area contributed by atoms with E-state index >= 15 is 0 Å². The molecule has 0 aliphatic carbocycles. The second-order valence-electron chi connectivity index (χ2n) is 3.98. The van der Waals surface area contributed by atoms with Crippen molar-refractivity contribution in [2.75, 3.05) is 13.6 Å². The average Bonchev–Trinajstić information content (AvgIpc) is 2.34. The number of aliphatic carboxylic acids is 1. The molecule has 1 saturated heterocycles. The summed E-state index contributed by atoms with van der Waals surface area (Å²) in [6.45, 7) is 8.28. The lowest BCUT2D eigenvalue weighted by Gasteiger charge is -2.33. The van der Waals surface area contributed by atoms with E-state index in [-0.39, 0.29) is 0 Å². The Morgan fingerprint density at radius 1 is 1.53 bits per heavy atom. The van der Waals surface area contributed by atoms with Crippen molar-refractivity contribution in [2.45, 2.75) is 26.3 Å². The molecule has 0 aromatic heterocycles. The van der Waals surface area contributed by atoms with Crippen molar-refractivity contribution >= 4 is 24.8 Å². The van der Waals surface area contributed by atoms with Gasteiger partial charge in [0.25, 0.3) is 0 Å². The molecule has 108 valence electrons. The van der Waals surface area contributed by atoms with Crippen LogP contribution >= 0.6 is 18.8 Å². The lowest BCUT2D eigenvalue weighted by Crippen LogP contribution is -2.40. The summed E-state index contributed by atoms with van der Waals surface area (Å²) < 4.78 is 3.61. The normalized spacial score (nSPS) is 23.7. The van der Waals surface area contributed by atoms with E-state index < -0.39 is 12.0 Å². The molecule has 0 bridgehead atoms. The smallest absolute Gasteiger partial charge is 0.321 e. The average molecular weight is 302 g/mol. The molecular weight excluding hydrogens is 278 g/mol. The van der Waals surface area contributed by atoms with Gasteiger partial charge in [-0.1, -0.05) is 42.0 Å². The second kappa shape index (κ2) is 9.25. The van der Waals surface area contributed by atoms with Crippen LogP contribution in [-0.4, -0.2) is 40.1 Å². The van der Waals surface area contributed by atoms with Gasteiger partial charge in [-0.2, -0.15) is 0 Å². The second-order valence-corrected chi connectivity index (χ2v) is 5.46. The SMILES string of the molecule is C=C/C=C1/CN(P)C(C(=O)O)C/C1=C/N(C)P.CC. The van der Waals surface area contributed by atoms with Gasteiger partial charge in [0.05, 0.1) is 0 Å². The Hall–Kier alpha value is -0.690. The summed E-state index contributed by atoms with van der Waals surface area (Å²) >= 11 is 0. The summed E-state index contributed by atoms with van der Waals surface area (Å²) in [7, 11) is 6.91. The first-order valence-electron chi connectivity index (χ1n) is 6.20. The zero-order valence-corrected chi connectivity index (χ0v) is 14.1. The van der Waals surface area contributed by atoms with E-state index in [9.17, 15) is 4.79 Å². The Bertz CT molecular complexity index is 379. The fraction of sp³-hybridized carbons (Fsp3) is 0.462. The molecule has 0 amide bonds. The molecule has 0 aromatic carbocycles. The Morgan fingerprint density at radius 2 is 2.11 bits per heavy atom. The Balaban J connectivity index is 0.00000154. The van der Waals surface area contributed by atoms with Crippen LogP contribution in [0, 0.1) is 0 Å². The van der Waals surface area contributed by atoms with E-state index in [4.69, 9.17) is 5.11 Å². The summed E-state index contributed by atoms with van der Waals surface area (Å²) in [4.78, 5) is 11.1. The largest absolute Gasteiger partial charge is 0.480 e. The van der Waals surface area contributed by atoms with Crippen LogP contribution in [-0.2, 0) is 4.79 Å². The van der Waals surface area contributed by atoms with Gasteiger partial charge in [-0.3, -0.25) is 9.46 Å². The first-order chi connectivity index (χ1) is 8.95. The molecule has 0 radical (unpaired) electrons. The number of rotatable bonds is 3. The van der Waals surface area contributed by atoms with Crippen LogP contribution in [0.5, 0.6) is 0 Å². The molecule has 6 heteroatoms. The summed E-state index contributed by atoms with van der Waals surface area (Å²) in [6.07, 6.45) is 6.09. The molecule has 19 heavy (non-hydrogen) atoms. The van der Waals surface area contributed by atoms with Gasteiger partial charge >= 0.3 is 5.97 Å². The van der Waals surface area contributed by atoms with Gasteiger partial charge in [-0.15, -0.1) is 0 Å². The number of carbonyl (C=O) groups is 1. The molecule has 4 nitrogen and oxygen atoms in total. The highest BCUT2D eigenvalue weighted by Gasteiger charge is 2.30. The summed E-state index contributed by atoms with van der Waals surface area (Å²) in [5.41, 5.74) is 2.13. The van der Waals surface area contributed by atoms with E-state index in [0.717, 1.165) is 11.1 Å². The lowest BCUT2D eigenvalue weighted by molar-refractivity contribution is -0.141. The number of allylic oxidation sites excluding steroid dienone is 2. The van der Waals surface area contributed by atoms with Crippen molar-refractivity contribution in [3.63, 3.8) is 0 Å². The number of nitrogens with zero attached hydrogens (tertiary/aromatic N) is 2. The van der Waals surface area contributed by atoms with Gasteiger partial charge in [0, 0.05) is 26.2 Å². The molecule has 3 atom stereocenters. The highest BCUT2D eigenvalue weighted by atomic mass is 31.0. The van der Waals surface area contributed by atoms with Crippen molar-refractivity contribution in [2.24, 2.45) is 0 Å². The fourth-order valence-electron chi connectivity index (χ4n) is 1.78. The molecular formula is C13H24N2O2P2. The van der Waals surface area contributed by atoms with E-state index in [1.165, 1.54) is 0 Å². The van der Waals surface area contributed by atoms with Crippen molar-refractivity contribution in [3.05, 3.63) is 36.1 Å². The van der Waals surface area contributed by atoms with Crippen LogP contribution in [0.15, 0.2) is 36.1 Å². The fourth-order valence-corrected chi connectivity index (χ4v) is 2.39. The summed E-state index contributed by atoms with van der Waals surface area (Å²) in [5, 5.41) is 9.14. The molecule has 0 saturated carbocycles. The molecule has 1 fully saturated rings. The van der Waals surface area contributed by atoms with Gasteiger partial charge in [0.2, 0.25) is 0 Å². The number of hydrogen-bond donors (Lipinski definition) is 1. The highest BCUT2D eigenvalue weighted by Crippen LogP contribution is 2.30. The number of carboxylic acid groups (broad SMARTS) is 1. The molecule has 0 aromatic rings. The quantitative estimate of drug-likeness (QED) is 0.814. The number of carboxylic acids is 1. The first-order valence-corrected chi connectivity index (χ1v) is 7.23. The molecule has 1 aliphatic rings. The Labute approximate surface area is 120 Å². The van der Waals surface area contributed by atoms with E-state index in [1.54, 1.807) is 10.7 Å². The third-order valence-corrected chi connectivity index (χ3v) is 3.23. The Kier molecular flexibility index (Phi) is 8.92. The number of piperidine rings is 1. The van der Waals surface area contributed by atoms with E-state index in [2.05, 4.69) is 25.4 Å². The summed E-state index contributed by atoms with van der Waals surface area (Å²) in [6, 6.07) is -0.488. The van der Waals surface area contributed by atoms with Crippen LogP contribution in [0.2, 0.25) is 0 Å². The van der Waals surface area contributed by atoms with Crippen molar-refractivity contribution < 1.29 is 9.90 Å². The van der Waals surface area contributed by atoms with Gasteiger partial charge in [0.15, 0.2) is 0 Å². The van der Waals surface area contributed by atoms with Crippen molar-refractivity contribution in [3.8, 4) is 0 Å². The van der Waals surface area contributed by atoms with Crippen molar-refractivity contribution in [1.29, 1.82) is 0 Å².